The monoisotopic (exact) mass is 410 g/mol. The van der Waals surface area contributed by atoms with Crippen LogP contribution in [0.3, 0.4) is 0 Å². The van der Waals surface area contributed by atoms with E-state index in [4.69, 9.17) is 21.1 Å². The fraction of sp³-hybridized carbons (Fsp3) is 0.389. The Morgan fingerprint density at radius 2 is 2.07 bits per heavy atom. The minimum atomic E-state index is -0.701. The molecule has 1 aliphatic heterocycles. The van der Waals surface area contributed by atoms with E-state index < -0.39 is 24.4 Å². The number of amides is 2. The van der Waals surface area contributed by atoms with Crippen LogP contribution in [0.2, 0.25) is 5.02 Å². The summed E-state index contributed by atoms with van der Waals surface area (Å²) in [6, 6.07) is 7.39. The number of carbonyl (C=O) groups is 3. The molecule has 1 saturated heterocycles. The van der Waals surface area contributed by atoms with E-state index in [1.165, 1.54) is 11.3 Å². The molecule has 2 amide bonds. The van der Waals surface area contributed by atoms with Gasteiger partial charge in [-0.15, -0.1) is 11.3 Å². The highest BCUT2D eigenvalue weighted by Crippen LogP contribution is 2.34. The normalized spacial score (nSPS) is 16.3. The van der Waals surface area contributed by atoms with Gasteiger partial charge < -0.3 is 20.1 Å². The Kier molecular flexibility index (Phi) is 6.65. The number of rotatable bonds is 7. The van der Waals surface area contributed by atoms with Crippen LogP contribution in [0.5, 0.6) is 0 Å². The number of nitrogens with one attached hydrogen (secondary N) is 2. The van der Waals surface area contributed by atoms with Crippen molar-refractivity contribution in [3.8, 4) is 0 Å². The molecule has 1 atom stereocenters. The lowest BCUT2D eigenvalue weighted by Crippen LogP contribution is -2.36. The van der Waals surface area contributed by atoms with Gasteiger partial charge in [0, 0.05) is 23.2 Å². The summed E-state index contributed by atoms with van der Waals surface area (Å²) in [4.78, 5) is 36.0. The van der Waals surface area contributed by atoms with Crippen LogP contribution in [0, 0.1) is 0 Å². The maximum absolute atomic E-state index is 12.2. The van der Waals surface area contributed by atoms with Crippen molar-refractivity contribution in [3.63, 3.8) is 0 Å². The van der Waals surface area contributed by atoms with Crippen LogP contribution >= 0.6 is 22.9 Å². The first-order valence-electron chi connectivity index (χ1n) is 8.53. The second-order valence-corrected chi connectivity index (χ2v) is 7.45. The fourth-order valence-corrected chi connectivity index (χ4v) is 4.11. The number of hydrogen-bond acceptors (Lipinski definition) is 6. The molecule has 0 saturated carbocycles. The Hall–Kier alpha value is -2.16. The molecular formula is C18H19ClN2O5S. The van der Waals surface area contributed by atoms with E-state index in [-0.39, 0.29) is 12.6 Å². The predicted molar refractivity (Wildman–Crippen MR) is 102 cm³/mol. The molecule has 2 aromatic rings. The number of benzene rings is 1. The smallest absolute Gasteiger partial charge is 0.325 e. The Morgan fingerprint density at radius 1 is 1.26 bits per heavy atom. The van der Waals surface area contributed by atoms with Crippen LogP contribution in [-0.2, 0) is 19.1 Å². The molecule has 144 valence electrons. The summed E-state index contributed by atoms with van der Waals surface area (Å²) < 4.78 is 11.1. The molecule has 1 aliphatic rings. The minimum Gasteiger partial charge on any atom is -0.454 e. The maximum atomic E-state index is 12.2. The zero-order valence-electron chi connectivity index (χ0n) is 14.5. The number of carbonyl (C=O) groups excluding carboxylic acids is 3. The molecule has 0 radical (unpaired) electrons. The third-order valence-corrected chi connectivity index (χ3v) is 5.72. The topological polar surface area (TPSA) is 93.7 Å². The number of hydrogen-bond donors (Lipinski definition) is 2. The van der Waals surface area contributed by atoms with E-state index >= 15 is 0 Å². The van der Waals surface area contributed by atoms with E-state index in [1.54, 1.807) is 0 Å². The number of thiophene rings is 1. The average Bonchev–Trinajstić information content (AvgIpc) is 3.31. The number of halogens is 1. The second kappa shape index (κ2) is 9.16. The summed E-state index contributed by atoms with van der Waals surface area (Å²) in [6.07, 6.45) is 1.92. The molecule has 9 heteroatoms. The molecule has 3 rings (SSSR count). The van der Waals surface area contributed by atoms with Crippen molar-refractivity contribution in [2.75, 3.05) is 26.3 Å². The zero-order chi connectivity index (χ0) is 19.2. The van der Waals surface area contributed by atoms with Gasteiger partial charge in [0.05, 0.1) is 11.1 Å². The maximum Gasteiger partial charge on any atom is 0.325 e. The SMILES string of the molecule is O=C(COC(=O)CNC(=O)c1sc2ccccc2c1Cl)NC[C@H]1CCCO1. The Bertz CT molecular complexity index is 847. The third-order valence-electron chi connectivity index (χ3n) is 4.05. The summed E-state index contributed by atoms with van der Waals surface area (Å²) in [5, 5.41) is 6.26. The Balaban J connectivity index is 1.41. The molecule has 0 aliphatic carbocycles. The lowest BCUT2D eigenvalue weighted by molar-refractivity contribution is -0.147. The average molecular weight is 411 g/mol. The van der Waals surface area contributed by atoms with Crippen molar-refractivity contribution in [3.05, 3.63) is 34.2 Å². The van der Waals surface area contributed by atoms with Crippen LogP contribution in [0.4, 0.5) is 0 Å². The standard InChI is InChI=1S/C18H19ClN2O5S/c19-16-12-5-1-2-6-13(12)27-17(16)18(24)21-9-15(23)26-10-14(22)20-8-11-4-3-7-25-11/h1-2,5-6,11H,3-4,7-10H2,(H,20,22)(H,21,24)/t11-/m1/s1. The Labute approximate surface area is 165 Å². The van der Waals surface area contributed by atoms with Gasteiger partial charge in [-0.2, -0.15) is 0 Å². The molecular weight excluding hydrogens is 392 g/mol. The number of ether oxygens (including phenoxy) is 2. The van der Waals surface area contributed by atoms with Gasteiger partial charge in [-0.3, -0.25) is 14.4 Å². The number of esters is 1. The van der Waals surface area contributed by atoms with Crippen molar-refractivity contribution >= 4 is 50.8 Å². The molecule has 7 nitrogen and oxygen atoms in total. The lowest BCUT2D eigenvalue weighted by atomic mass is 10.2. The van der Waals surface area contributed by atoms with Gasteiger partial charge >= 0.3 is 5.97 Å². The molecule has 1 fully saturated rings. The van der Waals surface area contributed by atoms with Crippen LogP contribution in [0.15, 0.2) is 24.3 Å². The number of fused-ring (bicyclic) bond motifs is 1. The first kappa shape index (κ1) is 19.6. The summed E-state index contributed by atoms with van der Waals surface area (Å²) in [7, 11) is 0. The van der Waals surface area contributed by atoms with Crippen molar-refractivity contribution in [2.45, 2.75) is 18.9 Å². The molecule has 2 N–H and O–H groups in total. The molecule has 0 unspecified atom stereocenters. The molecule has 27 heavy (non-hydrogen) atoms. The minimum absolute atomic E-state index is 0.0231. The zero-order valence-corrected chi connectivity index (χ0v) is 16.0. The van der Waals surface area contributed by atoms with Gasteiger partial charge in [-0.1, -0.05) is 29.8 Å². The molecule has 1 aromatic carbocycles. The summed E-state index contributed by atoms with van der Waals surface area (Å²) in [6.45, 7) is 0.365. The fourth-order valence-electron chi connectivity index (χ4n) is 2.67. The van der Waals surface area contributed by atoms with Gasteiger partial charge in [0.2, 0.25) is 0 Å². The summed E-state index contributed by atoms with van der Waals surface area (Å²) in [5.41, 5.74) is 0. The predicted octanol–water partition coefficient (Wildman–Crippen LogP) is 2.12. The van der Waals surface area contributed by atoms with Crippen molar-refractivity contribution in [2.24, 2.45) is 0 Å². The van der Waals surface area contributed by atoms with E-state index in [1.807, 2.05) is 24.3 Å². The largest absolute Gasteiger partial charge is 0.454 e. The lowest BCUT2D eigenvalue weighted by Gasteiger charge is -2.11. The van der Waals surface area contributed by atoms with Gasteiger partial charge in [0.25, 0.3) is 11.8 Å². The molecule has 0 spiro atoms. The van der Waals surface area contributed by atoms with Gasteiger partial charge in [-0.25, -0.2) is 0 Å². The van der Waals surface area contributed by atoms with E-state index in [0.717, 1.165) is 22.9 Å². The van der Waals surface area contributed by atoms with Crippen LogP contribution in [0.1, 0.15) is 22.5 Å². The molecule has 0 bridgehead atoms. The van der Waals surface area contributed by atoms with Crippen molar-refractivity contribution in [1.82, 2.24) is 10.6 Å². The molecule has 1 aromatic heterocycles. The highest BCUT2D eigenvalue weighted by atomic mass is 35.5. The first-order chi connectivity index (χ1) is 13.0. The Morgan fingerprint density at radius 3 is 2.81 bits per heavy atom. The van der Waals surface area contributed by atoms with Crippen molar-refractivity contribution < 1.29 is 23.9 Å². The van der Waals surface area contributed by atoms with Crippen LogP contribution in [0.25, 0.3) is 10.1 Å². The quantitative estimate of drug-likeness (QED) is 0.682. The second-order valence-electron chi connectivity index (χ2n) is 6.02. The first-order valence-corrected chi connectivity index (χ1v) is 9.73. The van der Waals surface area contributed by atoms with E-state index in [0.29, 0.717) is 23.1 Å². The van der Waals surface area contributed by atoms with E-state index in [2.05, 4.69) is 10.6 Å². The van der Waals surface area contributed by atoms with Crippen LogP contribution in [-0.4, -0.2) is 50.2 Å². The van der Waals surface area contributed by atoms with Gasteiger partial charge in [0.1, 0.15) is 11.4 Å². The summed E-state index contributed by atoms with van der Waals surface area (Å²) in [5.74, 6) is -1.56. The van der Waals surface area contributed by atoms with E-state index in [9.17, 15) is 14.4 Å². The highest BCUT2D eigenvalue weighted by Gasteiger charge is 2.19. The summed E-state index contributed by atoms with van der Waals surface area (Å²) >= 11 is 7.48. The van der Waals surface area contributed by atoms with Crippen molar-refractivity contribution in [1.29, 1.82) is 0 Å². The van der Waals surface area contributed by atoms with Gasteiger partial charge in [-0.05, 0) is 18.9 Å². The highest BCUT2D eigenvalue weighted by molar-refractivity contribution is 7.21. The third kappa shape index (κ3) is 5.18. The van der Waals surface area contributed by atoms with Gasteiger partial charge in [0.15, 0.2) is 6.61 Å². The van der Waals surface area contributed by atoms with Crippen LogP contribution < -0.4 is 10.6 Å². The molecule has 2 heterocycles.